The number of esters is 2. The molecule has 39 heavy (non-hydrogen) atoms. The molecule has 218 valence electrons. The Hall–Kier alpha value is -1.74. The highest BCUT2D eigenvalue weighted by atomic mass is 16.7. The van der Waals surface area contributed by atoms with Crippen molar-refractivity contribution in [1.82, 2.24) is 0 Å². The third-order valence-corrected chi connectivity index (χ3v) is 11.1. The molecule has 12 atom stereocenters. The van der Waals surface area contributed by atoms with Crippen molar-refractivity contribution in [2.45, 2.75) is 116 Å². The normalized spacial score (nSPS) is 47.2. The summed E-state index contributed by atoms with van der Waals surface area (Å²) in [6, 6.07) is 0. The largest absolute Gasteiger partial charge is 0.463 e. The minimum absolute atomic E-state index is 0.153. The van der Waals surface area contributed by atoms with Crippen LogP contribution < -0.4 is 0 Å². The van der Waals surface area contributed by atoms with Crippen LogP contribution in [0.3, 0.4) is 0 Å². The summed E-state index contributed by atoms with van der Waals surface area (Å²) in [5.74, 6) is 1.64. The Bertz CT molecular complexity index is 993. The molecule has 1 heterocycles. The van der Waals surface area contributed by atoms with Gasteiger partial charge in [-0.15, -0.1) is 6.58 Å². The van der Waals surface area contributed by atoms with Gasteiger partial charge in [0.25, 0.3) is 0 Å². The zero-order chi connectivity index (χ0) is 28.1. The quantitative estimate of drug-likeness (QED) is 0.379. The van der Waals surface area contributed by atoms with Gasteiger partial charge in [0.1, 0.15) is 24.9 Å². The molecule has 8 nitrogen and oxygen atoms in total. The van der Waals surface area contributed by atoms with Gasteiger partial charge in [0, 0.05) is 13.8 Å². The van der Waals surface area contributed by atoms with E-state index < -0.39 is 42.6 Å². The number of hydrogen-bond acceptors (Lipinski definition) is 8. The summed E-state index contributed by atoms with van der Waals surface area (Å²) in [6.07, 6.45) is 7.25. The van der Waals surface area contributed by atoms with Gasteiger partial charge in [-0.3, -0.25) is 9.59 Å². The Kier molecular flexibility index (Phi) is 8.06. The Labute approximate surface area is 232 Å². The summed E-state index contributed by atoms with van der Waals surface area (Å²) < 4.78 is 22.5. The summed E-state index contributed by atoms with van der Waals surface area (Å²) in [4.78, 5) is 23.0. The van der Waals surface area contributed by atoms with Gasteiger partial charge in [-0.25, -0.2) is 0 Å². The van der Waals surface area contributed by atoms with E-state index >= 15 is 0 Å². The summed E-state index contributed by atoms with van der Waals surface area (Å²) in [6.45, 7) is 11.4. The first-order chi connectivity index (χ1) is 18.5. The van der Waals surface area contributed by atoms with Gasteiger partial charge < -0.3 is 29.2 Å². The van der Waals surface area contributed by atoms with Crippen molar-refractivity contribution < 1.29 is 38.7 Å². The third-order valence-electron chi connectivity index (χ3n) is 11.1. The second-order valence-electron chi connectivity index (χ2n) is 13.1. The molecule has 8 heteroatoms. The lowest BCUT2D eigenvalue weighted by Crippen LogP contribution is -2.61. The molecule has 12 unspecified atom stereocenters. The van der Waals surface area contributed by atoms with Crippen LogP contribution in [-0.2, 0) is 28.5 Å². The number of rotatable bonds is 6. The average molecular weight is 547 g/mol. The van der Waals surface area contributed by atoms with Gasteiger partial charge in [-0.1, -0.05) is 31.6 Å². The average Bonchev–Trinajstić information content (AvgIpc) is 3.23. The third kappa shape index (κ3) is 5.11. The molecule has 2 N–H and O–H groups in total. The zero-order valence-corrected chi connectivity index (χ0v) is 23.8. The minimum atomic E-state index is -1.43. The fourth-order valence-corrected chi connectivity index (χ4v) is 9.05. The SMILES string of the molecule is C=CC1CCC2C3CC=C4CC(OC5OC(COC(C)=O)C(OC(C)=O)C(O)C5O)CCC4(C)C3CCC12C. The minimum Gasteiger partial charge on any atom is -0.463 e. The number of carbonyl (C=O) groups is 2. The summed E-state index contributed by atoms with van der Waals surface area (Å²) in [5, 5.41) is 21.6. The second kappa shape index (κ2) is 10.9. The first-order valence-electron chi connectivity index (χ1n) is 14.8. The maximum Gasteiger partial charge on any atom is 0.303 e. The van der Waals surface area contributed by atoms with Crippen LogP contribution in [0.1, 0.15) is 79.1 Å². The molecule has 0 aromatic rings. The maximum atomic E-state index is 11.6. The fraction of sp³-hybridized carbons (Fsp3) is 0.806. The molecule has 0 bridgehead atoms. The molecule has 1 saturated heterocycles. The highest BCUT2D eigenvalue weighted by Gasteiger charge is 2.58. The Morgan fingerprint density at radius 3 is 2.54 bits per heavy atom. The zero-order valence-electron chi connectivity index (χ0n) is 23.8. The van der Waals surface area contributed by atoms with E-state index in [1.54, 1.807) is 0 Å². The van der Waals surface area contributed by atoms with Crippen molar-refractivity contribution in [2.75, 3.05) is 6.61 Å². The molecule has 4 aliphatic carbocycles. The first-order valence-corrected chi connectivity index (χ1v) is 14.8. The van der Waals surface area contributed by atoms with Crippen LogP contribution in [0.4, 0.5) is 0 Å². The van der Waals surface area contributed by atoms with Crippen LogP contribution in [0.5, 0.6) is 0 Å². The lowest BCUT2D eigenvalue weighted by molar-refractivity contribution is -0.315. The van der Waals surface area contributed by atoms with E-state index in [4.69, 9.17) is 18.9 Å². The molecule has 0 spiro atoms. The van der Waals surface area contributed by atoms with E-state index in [0.29, 0.717) is 17.3 Å². The van der Waals surface area contributed by atoms with E-state index in [2.05, 4.69) is 32.6 Å². The van der Waals surface area contributed by atoms with Crippen molar-refractivity contribution in [3.05, 3.63) is 24.3 Å². The molecule has 0 aromatic carbocycles. The summed E-state index contributed by atoms with van der Waals surface area (Å²) in [7, 11) is 0. The predicted octanol–water partition coefficient (Wildman–Crippen LogP) is 4.08. The summed E-state index contributed by atoms with van der Waals surface area (Å²) in [5.41, 5.74) is 1.98. The summed E-state index contributed by atoms with van der Waals surface area (Å²) >= 11 is 0. The van der Waals surface area contributed by atoms with Crippen LogP contribution in [0.25, 0.3) is 0 Å². The van der Waals surface area contributed by atoms with Gasteiger partial charge in [0.15, 0.2) is 12.4 Å². The first kappa shape index (κ1) is 28.8. The number of fused-ring (bicyclic) bond motifs is 5. The van der Waals surface area contributed by atoms with Crippen LogP contribution in [0.2, 0.25) is 0 Å². The molecule has 0 amide bonds. The van der Waals surface area contributed by atoms with Gasteiger partial charge in [-0.2, -0.15) is 0 Å². The monoisotopic (exact) mass is 546 g/mol. The van der Waals surface area contributed by atoms with E-state index in [-0.39, 0.29) is 18.1 Å². The number of aliphatic hydroxyl groups is 2. The number of hydrogen-bond donors (Lipinski definition) is 2. The van der Waals surface area contributed by atoms with Gasteiger partial charge in [0.05, 0.1) is 6.10 Å². The van der Waals surface area contributed by atoms with Crippen molar-refractivity contribution in [3.8, 4) is 0 Å². The maximum absolute atomic E-state index is 11.6. The van der Waals surface area contributed by atoms with E-state index in [9.17, 15) is 19.8 Å². The van der Waals surface area contributed by atoms with Gasteiger partial charge in [-0.05, 0) is 85.9 Å². The van der Waals surface area contributed by atoms with Crippen molar-refractivity contribution >= 4 is 11.9 Å². The van der Waals surface area contributed by atoms with Gasteiger partial charge in [0.2, 0.25) is 0 Å². The Morgan fingerprint density at radius 1 is 1.08 bits per heavy atom. The predicted molar refractivity (Wildman–Crippen MR) is 143 cm³/mol. The van der Waals surface area contributed by atoms with Crippen molar-refractivity contribution in [3.63, 3.8) is 0 Å². The number of carbonyl (C=O) groups excluding carboxylic acids is 2. The Balaban J connectivity index is 1.27. The molecule has 5 rings (SSSR count). The van der Waals surface area contributed by atoms with Crippen LogP contribution in [-0.4, -0.2) is 65.6 Å². The number of aliphatic hydroxyl groups excluding tert-OH is 2. The molecule has 3 saturated carbocycles. The lowest BCUT2D eigenvalue weighted by atomic mass is 9.47. The molecular weight excluding hydrogens is 500 g/mol. The fourth-order valence-electron chi connectivity index (χ4n) is 9.05. The number of ether oxygens (including phenoxy) is 4. The van der Waals surface area contributed by atoms with Crippen molar-refractivity contribution in [1.29, 1.82) is 0 Å². The smallest absolute Gasteiger partial charge is 0.303 e. The highest BCUT2D eigenvalue weighted by molar-refractivity contribution is 5.66. The van der Waals surface area contributed by atoms with Crippen LogP contribution >= 0.6 is 0 Å². The van der Waals surface area contributed by atoms with Crippen molar-refractivity contribution in [2.24, 2.45) is 34.5 Å². The number of allylic oxidation sites excluding steroid dienone is 2. The molecule has 0 radical (unpaired) electrons. The topological polar surface area (TPSA) is 112 Å². The Morgan fingerprint density at radius 2 is 1.85 bits per heavy atom. The van der Waals surface area contributed by atoms with E-state index in [0.717, 1.165) is 37.5 Å². The molecule has 1 aliphatic heterocycles. The standard InChI is InChI=1S/C31H46O8/c1-6-19-8-10-23-22-9-7-20-15-21(11-13-31(20,5)24(22)12-14-30(19,23)4)38-29-27(35)26(34)28(37-18(3)33)25(39-29)16-36-17(2)32/h6-7,19,21-29,34-35H,1,8-16H2,2-5H3. The van der Waals surface area contributed by atoms with Crippen LogP contribution in [0.15, 0.2) is 24.3 Å². The molecular formula is C31H46O8. The van der Waals surface area contributed by atoms with Gasteiger partial charge >= 0.3 is 11.9 Å². The highest BCUT2D eigenvalue weighted by Crippen LogP contribution is 2.66. The lowest BCUT2D eigenvalue weighted by Gasteiger charge is -2.58. The van der Waals surface area contributed by atoms with Crippen LogP contribution in [0, 0.1) is 34.5 Å². The molecule has 0 aromatic heterocycles. The molecule has 5 aliphatic rings. The second-order valence-corrected chi connectivity index (χ2v) is 13.1. The molecule has 4 fully saturated rings. The van der Waals surface area contributed by atoms with E-state index in [1.807, 2.05) is 0 Å². The van der Waals surface area contributed by atoms with E-state index in [1.165, 1.54) is 45.1 Å².